The number of nitrogens with one attached hydrogen (secondary N) is 2. The minimum atomic E-state index is -5.19. The Balaban J connectivity index is 1.38. The van der Waals surface area contributed by atoms with E-state index in [-0.39, 0.29) is 18.4 Å². The third kappa shape index (κ3) is 4.96. The van der Waals surface area contributed by atoms with Gasteiger partial charge in [-0.2, -0.15) is 13.2 Å². The average Bonchev–Trinajstić information content (AvgIpc) is 3.59. The minimum absolute atomic E-state index is 0.0502. The Hall–Kier alpha value is -3.56. The molecule has 0 bridgehead atoms. The number of hydrogen-bond acceptors (Lipinski definition) is 4. The summed E-state index contributed by atoms with van der Waals surface area (Å²) in [5.41, 5.74) is 0.758. The molecule has 1 fully saturated rings. The molecular formula is C25H25F3N2O5. The summed E-state index contributed by atoms with van der Waals surface area (Å²) in [6.07, 6.45) is -5.08. The van der Waals surface area contributed by atoms with Crippen LogP contribution in [-0.4, -0.2) is 47.4 Å². The zero-order chi connectivity index (χ0) is 25.4. The van der Waals surface area contributed by atoms with Gasteiger partial charge < -0.3 is 20.5 Å². The van der Waals surface area contributed by atoms with Crippen LogP contribution in [0.4, 0.5) is 18.0 Å². The van der Waals surface area contributed by atoms with E-state index in [0.717, 1.165) is 22.3 Å². The predicted molar refractivity (Wildman–Crippen MR) is 120 cm³/mol. The minimum Gasteiger partial charge on any atom is -0.479 e. The number of hydrogen-bond donors (Lipinski definition) is 3. The third-order valence-corrected chi connectivity index (χ3v) is 6.63. The fraction of sp³-hybridized carbons (Fsp3) is 0.400. The zero-order valence-corrected chi connectivity index (χ0v) is 18.9. The Morgan fingerprint density at radius 2 is 1.57 bits per heavy atom. The number of carboxylic acids is 1. The highest BCUT2D eigenvalue weighted by atomic mass is 19.4. The fourth-order valence-electron chi connectivity index (χ4n) is 4.40. The van der Waals surface area contributed by atoms with Gasteiger partial charge in [0.1, 0.15) is 6.61 Å². The van der Waals surface area contributed by atoms with E-state index in [0.29, 0.717) is 19.8 Å². The smallest absolute Gasteiger partial charge is 0.422 e. The largest absolute Gasteiger partial charge is 0.479 e. The Morgan fingerprint density at radius 1 is 1.03 bits per heavy atom. The molecule has 7 nitrogen and oxygen atoms in total. The summed E-state index contributed by atoms with van der Waals surface area (Å²) in [7, 11) is 0. The number of carbonyl (C=O) groups is 3. The first-order valence-corrected chi connectivity index (χ1v) is 11.2. The fourth-order valence-corrected chi connectivity index (χ4v) is 4.40. The van der Waals surface area contributed by atoms with Crippen molar-refractivity contribution in [1.82, 2.24) is 10.6 Å². The van der Waals surface area contributed by atoms with Gasteiger partial charge in [-0.15, -0.1) is 0 Å². The molecule has 2 aromatic rings. The molecule has 2 amide bonds. The summed E-state index contributed by atoms with van der Waals surface area (Å²) in [6.45, 7) is 0.437. The molecule has 3 N–H and O–H groups in total. The molecule has 10 heteroatoms. The van der Waals surface area contributed by atoms with Crippen molar-refractivity contribution in [2.45, 2.75) is 49.9 Å². The number of benzene rings is 2. The first-order chi connectivity index (χ1) is 16.5. The van der Waals surface area contributed by atoms with Gasteiger partial charge in [-0.1, -0.05) is 48.5 Å². The first kappa shape index (κ1) is 24.6. The Labute approximate surface area is 199 Å². The maximum atomic E-state index is 13.2. The molecule has 2 unspecified atom stereocenters. The summed E-state index contributed by atoms with van der Waals surface area (Å²) in [5, 5.41) is 13.2. The van der Waals surface area contributed by atoms with Gasteiger partial charge in [0.15, 0.2) is 0 Å². The third-order valence-electron chi connectivity index (χ3n) is 6.63. The summed E-state index contributed by atoms with van der Waals surface area (Å²) in [5.74, 6) is -3.60. The monoisotopic (exact) mass is 490 g/mol. The molecule has 4 rings (SSSR count). The molecule has 2 aliphatic carbocycles. The molecule has 2 aromatic carbocycles. The number of carbonyl (C=O) groups excluding carboxylic acids is 2. The van der Waals surface area contributed by atoms with Crippen LogP contribution in [0.5, 0.6) is 0 Å². The molecule has 0 aliphatic heterocycles. The number of carboxylic acid groups (broad SMARTS) is 1. The molecule has 0 saturated heterocycles. The molecule has 2 aliphatic rings. The molecule has 0 aromatic heterocycles. The highest BCUT2D eigenvalue weighted by molar-refractivity contribution is 5.88. The molecular weight excluding hydrogens is 465 g/mol. The van der Waals surface area contributed by atoms with Crippen LogP contribution in [0.3, 0.4) is 0 Å². The lowest BCUT2D eigenvalue weighted by atomic mass is 9.98. The standard InChI is InChI=1S/C25H25F3N2O5/c1-24(22(32)33,25(26,27)28)30-21(31)12-20(14-10-11-14)29-23(34)35-13-19-17-8-4-2-6-15(17)16-7-3-5-9-18(16)19/h2-9,14,19-20H,10-13H2,1H3,(H,29,34)(H,30,31)(H,32,33). The van der Waals surface area contributed by atoms with Gasteiger partial charge in [0.25, 0.3) is 0 Å². The summed E-state index contributed by atoms with van der Waals surface area (Å²) in [4.78, 5) is 36.0. The van der Waals surface area contributed by atoms with Crippen molar-refractivity contribution in [3.05, 3.63) is 59.7 Å². The lowest BCUT2D eigenvalue weighted by Crippen LogP contribution is -2.62. The van der Waals surface area contributed by atoms with Crippen LogP contribution in [0.2, 0.25) is 0 Å². The number of fused-ring (bicyclic) bond motifs is 3. The van der Waals surface area contributed by atoms with Crippen LogP contribution in [0.25, 0.3) is 11.1 Å². The van der Waals surface area contributed by atoms with Crippen molar-refractivity contribution < 1.29 is 37.4 Å². The van der Waals surface area contributed by atoms with Gasteiger partial charge in [0, 0.05) is 18.4 Å². The normalized spacial score (nSPS) is 17.5. The van der Waals surface area contributed by atoms with Crippen molar-refractivity contribution in [2.24, 2.45) is 5.92 Å². The molecule has 35 heavy (non-hydrogen) atoms. The molecule has 0 heterocycles. The summed E-state index contributed by atoms with van der Waals surface area (Å²) >= 11 is 0. The molecule has 0 radical (unpaired) electrons. The van der Waals surface area contributed by atoms with E-state index >= 15 is 0 Å². The van der Waals surface area contributed by atoms with Crippen molar-refractivity contribution >= 4 is 18.0 Å². The number of amides is 2. The lowest BCUT2D eigenvalue weighted by molar-refractivity contribution is -0.207. The van der Waals surface area contributed by atoms with Crippen molar-refractivity contribution in [3.8, 4) is 11.1 Å². The Kier molecular flexibility index (Phi) is 6.48. The SMILES string of the molecule is CC(NC(=O)CC(NC(=O)OCC1c2ccccc2-c2ccccc21)C1CC1)(C(=O)O)C(F)(F)F. The maximum absolute atomic E-state index is 13.2. The van der Waals surface area contributed by atoms with Gasteiger partial charge in [0.05, 0.1) is 0 Å². The quantitative estimate of drug-likeness (QED) is 0.514. The van der Waals surface area contributed by atoms with Crippen LogP contribution >= 0.6 is 0 Å². The van der Waals surface area contributed by atoms with Gasteiger partial charge >= 0.3 is 18.2 Å². The van der Waals surface area contributed by atoms with E-state index in [1.165, 1.54) is 0 Å². The van der Waals surface area contributed by atoms with Crippen molar-refractivity contribution in [3.63, 3.8) is 0 Å². The van der Waals surface area contributed by atoms with Crippen LogP contribution in [0.15, 0.2) is 48.5 Å². The van der Waals surface area contributed by atoms with Crippen molar-refractivity contribution in [1.29, 1.82) is 0 Å². The van der Waals surface area contributed by atoms with Crippen LogP contribution in [-0.2, 0) is 14.3 Å². The topological polar surface area (TPSA) is 105 Å². The number of rotatable bonds is 8. The molecule has 0 spiro atoms. The number of aliphatic carboxylic acids is 1. The van der Waals surface area contributed by atoms with Gasteiger partial charge in [-0.05, 0) is 47.9 Å². The number of alkyl halides is 3. The second-order valence-electron chi connectivity index (χ2n) is 9.09. The second kappa shape index (κ2) is 9.24. The second-order valence-corrected chi connectivity index (χ2v) is 9.09. The van der Waals surface area contributed by atoms with Crippen molar-refractivity contribution in [2.75, 3.05) is 6.61 Å². The predicted octanol–water partition coefficient (Wildman–Crippen LogP) is 4.22. The highest BCUT2D eigenvalue weighted by Crippen LogP contribution is 2.44. The van der Waals surface area contributed by atoms with E-state index < -0.39 is 42.1 Å². The Morgan fingerprint density at radius 3 is 2.06 bits per heavy atom. The van der Waals surface area contributed by atoms with Crippen LogP contribution in [0.1, 0.15) is 43.2 Å². The van der Waals surface area contributed by atoms with Gasteiger partial charge in [-0.3, -0.25) is 4.79 Å². The highest BCUT2D eigenvalue weighted by Gasteiger charge is 2.58. The Bertz CT molecular complexity index is 1100. The lowest BCUT2D eigenvalue weighted by Gasteiger charge is -2.29. The number of ether oxygens (including phenoxy) is 1. The molecule has 186 valence electrons. The number of halogens is 3. The van der Waals surface area contributed by atoms with Crippen LogP contribution in [0, 0.1) is 5.92 Å². The van der Waals surface area contributed by atoms with Crippen LogP contribution < -0.4 is 10.6 Å². The zero-order valence-electron chi connectivity index (χ0n) is 18.9. The van der Waals surface area contributed by atoms with E-state index in [1.807, 2.05) is 48.5 Å². The molecule has 2 atom stereocenters. The average molecular weight is 490 g/mol. The summed E-state index contributed by atoms with van der Waals surface area (Å²) in [6, 6.07) is 14.9. The van der Waals surface area contributed by atoms with Gasteiger partial charge in [0.2, 0.25) is 11.4 Å². The summed E-state index contributed by atoms with van der Waals surface area (Å²) < 4.78 is 45.1. The van der Waals surface area contributed by atoms with Gasteiger partial charge in [-0.25, -0.2) is 9.59 Å². The molecule has 1 saturated carbocycles. The first-order valence-electron chi connectivity index (χ1n) is 11.2. The van der Waals surface area contributed by atoms with E-state index in [9.17, 15) is 27.6 Å². The van der Waals surface area contributed by atoms with E-state index in [1.54, 1.807) is 5.32 Å². The maximum Gasteiger partial charge on any atom is 0.422 e. The number of alkyl carbamates (subject to hydrolysis) is 1. The van der Waals surface area contributed by atoms with E-state index in [4.69, 9.17) is 9.84 Å². The van der Waals surface area contributed by atoms with E-state index in [2.05, 4.69) is 5.32 Å².